The van der Waals surface area contributed by atoms with Crippen molar-refractivity contribution in [3.8, 4) is 5.75 Å². The fourth-order valence-electron chi connectivity index (χ4n) is 1.95. The average molecular weight is 257 g/mol. The number of hydrogen-bond donors (Lipinski definition) is 0. The molecule has 0 aliphatic heterocycles. The van der Waals surface area contributed by atoms with Gasteiger partial charge in [0.15, 0.2) is 0 Å². The highest BCUT2D eigenvalue weighted by Crippen LogP contribution is 2.29. The molecule has 1 saturated carbocycles. The van der Waals surface area contributed by atoms with E-state index in [4.69, 9.17) is 9.15 Å². The van der Waals surface area contributed by atoms with Gasteiger partial charge in [-0.05, 0) is 37.1 Å². The fourth-order valence-corrected chi connectivity index (χ4v) is 1.95. The molecule has 0 unspecified atom stereocenters. The molecule has 1 heterocycles. The van der Waals surface area contributed by atoms with E-state index in [1.165, 1.54) is 0 Å². The van der Waals surface area contributed by atoms with Gasteiger partial charge in [0.1, 0.15) is 11.5 Å². The number of carbonyl (C=O) groups is 1. The second kappa shape index (κ2) is 5.18. The maximum atomic E-state index is 12.2. The van der Waals surface area contributed by atoms with Crippen LogP contribution in [0.4, 0.5) is 4.79 Å². The lowest BCUT2D eigenvalue weighted by atomic mass is 10.3. The van der Waals surface area contributed by atoms with Gasteiger partial charge >= 0.3 is 6.09 Å². The van der Waals surface area contributed by atoms with Crippen molar-refractivity contribution >= 4 is 6.09 Å². The second-order valence-corrected chi connectivity index (χ2v) is 4.62. The summed E-state index contributed by atoms with van der Waals surface area (Å²) >= 11 is 0. The standard InChI is InChI=1S/C15H15NO3/c17-15(19-13-5-2-1-3-6-13)16(12-8-9-12)11-14-7-4-10-18-14/h1-7,10,12H,8-9,11H2. The van der Waals surface area contributed by atoms with E-state index in [1.54, 1.807) is 23.3 Å². The maximum Gasteiger partial charge on any atom is 0.415 e. The van der Waals surface area contributed by atoms with Crippen molar-refractivity contribution in [1.82, 2.24) is 4.90 Å². The molecule has 0 radical (unpaired) electrons. The zero-order valence-corrected chi connectivity index (χ0v) is 10.5. The zero-order chi connectivity index (χ0) is 13.1. The molecule has 19 heavy (non-hydrogen) atoms. The maximum absolute atomic E-state index is 12.2. The van der Waals surface area contributed by atoms with E-state index in [2.05, 4.69) is 0 Å². The van der Waals surface area contributed by atoms with Gasteiger partial charge in [-0.25, -0.2) is 4.79 Å². The van der Waals surface area contributed by atoms with Crippen LogP contribution in [0, 0.1) is 0 Å². The molecule has 1 aliphatic rings. The van der Waals surface area contributed by atoms with Crippen molar-refractivity contribution in [2.75, 3.05) is 0 Å². The Bertz CT molecular complexity index is 532. The summed E-state index contributed by atoms with van der Waals surface area (Å²) in [6.45, 7) is 0.462. The summed E-state index contributed by atoms with van der Waals surface area (Å²) in [5.74, 6) is 1.34. The van der Waals surface area contributed by atoms with Gasteiger partial charge in [-0.2, -0.15) is 0 Å². The molecule has 0 N–H and O–H groups in total. The Morgan fingerprint density at radius 1 is 1.21 bits per heavy atom. The summed E-state index contributed by atoms with van der Waals surface area (Å²) < 4.78 is 10.7. The SMILES string of the molecule is O=C(Oc1ccccc1)N(Cc1ccco1)C1CC1. The van der Waals surface area contributed by atoms with Crippen LogP contribution in [-0.2, 0) is 6.54 Å². The third-order valence-electron chi connectivity index (χ3n) is 3.08. The number of nitrogens with zero attached hydrogens (tertiary/aromatic N) is 1. The molecular formula is C15H15NO3. The molecule has 3 rings (SSSR count). The first-order valence-corrected chi connectivity index (χ1v) is 6.39. The quantitative estimate of drug-likeness (QED) is 0.842. The summed E-state index contributed by atoms with van der Waals surface area (Å²) in [5, 5.41) is 0. The summed E-state index contributed by atoms with van der Waals surface area (Å²) in [5.41, 5.74) is 0. The summed E-state index contributed by atoms with van der Waals surface area (Å²) in [6, 6.07) is 13.1. The molecule has 0 saturated heterocycles. The molecule has 2 aromatic rings. The van der Waals surface area contributed by atoms with Crippen molar-refractivity contribution in [1.29, 1.82) is 0 Å². The van der Waals surface area contributed by atoms with E-state index in [9.17, 15) is 4.79 Å². The van der Waals surface area contributed by atoms with Gasteiger partial charge in [0.25, 0.3) is 0 Å². The van der Waals surface area contributed by atoms with E-state index in [0.717, 1.165) is 18.6 Å². The second-order valence-electron chi connectivity index (χ2n) is 4.62. The molecule has 98 valence electrons. The molecule has 0 spiro atoms. The molecular weight excluding hydrogens is 242 g/mol. The normalized spacial score (nSPS) is 14.1. The number of ether oxygens (including phenoxy) is 1. The number of para-hydroxylation sites is 1. The Hall–Kier alpha value is -2.23. The van der Waals surface area contributed by atoms with Gasteiger partial charge in [0.2, 0.25) is 0 Å². The van der Waals surface area contributed by atoms with E-state index < -0.39 is 0 Å². The molecule has 0 atom stereocenters. The van der Waals surface area contributed by atoms with Crippen LogP contribution in [0.1, 0.15) is 18.6 Å². The Balaban J connectivity index is 1.68. The lowest BCUT2D eigenvalue weighted by Crippen LogP contribution is -2.34. The van der Waals surface area contributed by atoms with Crippen LogP contribution in [0.25, 0.3) is 0 Å². The number of rotatable bonds is 4. The lowest BCUT2D eigenvalue weighted by Gasteiger charge is -2.20. The third kappa shape index (κ3) is 2.96. The van der Waals surface area contributed by atoms with Crippen LogP contribution < -0.4 is 4.74 Å². The Morgan fingerprint density at radius 2 is 2.00 bits per heavy atom. The smallest absolute Gasteiger partial charge is 0.415 e. The molecule has 1 aromatic heterocycles. The lowest BCUT2D eigenvalue weighted by molar-refractivity contribution is 0.142. The van der Waals surface area contributed by atoms with Gasteiger partial charge in [0, 0.05) is 6.04 Å². The Morgan fingerprint density at radius 3 is 2.63 bits per heavy atom. The Kier molecular flexibility index (Phi) is 3.23. The van der Waals surface area contributed by atoms with Crippen molar-refractivity contribution in [3.63, 3.8) is 0 Å². The third-order valence-corrected chi connectivity index (χ3v) is 3.08. The van der Waals surface area contributed by atoms with Crippen molar-refractivity contribution in [2.45, 2.75) is 25.4 Å². The van der Waals surface area contributed by atoms with E-state index in [0.29, 0.717) is 12.3 Å². The monoisotopic (exact) mass is 257 g/mol. The first kappa shape index (κ1) is 11.8. The van der Waals surface area contributed by atoms with Crippen LogP contribution >= 0.6 is 0 Å². The minimum atomic E-state index is -0.315. The van der Waals surface area contributed by atoms with Gasteiger partial charge < -0.3 is 9.15 Å². The number of carbonyl (C=O) groups excluding carboxylic acids is 1. The molecule has 1 aliphatic carbocycles. The van der Waals surface area contributed by atoms with Crippen molar-refractivity contribution in [3.05, 3.63) is 54.5 Å². The number of amides is 1. The highest BCUT2D eigenvalue weighted by Gasteiger charge is 2.34. The van der Waals surface area contributed by atoms with Crippen LogP contribution in [0.3, 0.4) is 0 Å². The fraction of sp³-hybridized carbons (Fsp3) is 0.267. The van der Waals surface area contributed by atoms with Gasteiger partial charge in [0.05, 0.1) is 12.8 Å². The summed E-state index contributed by atoms with van der Waals surface area (Å²) in [6.07, 6.45) is 3.36. The number of benzene rings is 1. The molecule has 1 aromatic carbocycles. The van der Waals surface area contributed by atoms with Crippen molar-refractivity contribution < 1.29 is 13.9 Å². The molecule has 4 heteroatoms. The van der Waals surface area contributed by atoms with Crippen LogP contribution in [-0.4, -0.2) is 17.0 Å². The highest BCUT2D eigenvalue weighted by molar-refractivity contribution is 5.71. The largest absolute Gasteiger partial charge is 0.467 e. The zero-order valence-electron chi connectivity index (χ0n) is 10.5. The molecule has 4 nitrogen and oxygen atoms in total. The van der Waals surface area contributed by atoms with E-state index in [-0.39, 0.29) is 12.1 Å². The van der Waals surface area contributed by atoms with E-state index >= 15 is 0 Å². The summed E-state index contributed by atoms with van der Waals surface area (Å²) in [4.78, 5) is 13.9. The highest BCUT2D eigenvalue weighted by atomic mass is 16.6. The average Bonchev–Trinajstić information content (AvgIpc) is 3.14. The molecule has 1 fully saturated rings. The first-order chi connectivity index (χ1) is 9.33. The van der Waals surface area contributed by atoms with Crippen LogP contribution in [0.5, 0.6) is 5.75 Å². The van der Waals surface area contributed by atoms with Gasteiger partial charge in [-0.15, -0.1) is 0 Å². The predicted molar refractivity (Wildman–Crippen MR) is 69.7 cm³/mol. The number of furan rings is 1. The first-order valence-electron chi connectivity index (χ1n) is 6.39. The minimum Gasteiger partial charge on any atom is -0.467 e. The van der Waals surface area contributed by atoms with Gasteiger partial charge in [-0.3, -0.25) is 4.90 Å². The minimum absolute atomic E-state index is 0.279. The van der Waals surface area contributed by atoms with Crippen LogP contribution in [0.15, 0.2) is 53.1 Å². The van der Waals surface area contributed by atoms with E-state index in [1.807, 2.05) is 30.3 Å². The predicted octanol–water partition coefficient (Wildman–Crippen LogP) is 3.44. The Labute approximate surface area is 111 Å². The number of hydrogen-bond acceptors (Lipinski definition) is 3. The topological polar surface area (TPSA) is 42.7 Å². The summed E-state index contributed by atoms with van der Waals surface area (Å²) in [7, 11) is 0. The van der Waals surface area contributed by atoms with Crippen molar-refractivity contribution in [2.24, 2.45) is 0 Å². The van der Waals surface area contributed by atoms with Gasteiger partial charge in [-0.1, -0.05) is 18.2 Å². The molecule has 1 amide bonds. The van der Waals surface area contributed by atoms with Crippen LogP contribution in [0.2, 0.25) is 0 Å². The molecule has 0 bridgehead atoms.